The van der Waals surface area contributed by atoms with Gasteiger partial charge in [-0.05, 0) is 44.1 Å². The van der Waals surface area contributed by atoms with Crippen LogP contribution < -0.4 is 21.7 Å². The highest BCUT2D eigenvalue weighted by Gasteiger charge is 2.27. The molecule has 1 fully saturated rings. The maximum absolute atomic E-state index is 12.6. The summed E-state index contributed by atoms with van der Waals surface area (Å²) in [7, 11) is 0. The Labute approximate surface area is 168 Å². The van der Waals surface area contributed by atoms with Crippen LogP contribution in [0.15, 0.2) is 0 Å². The number of amides is 3. The molecule has 2 atom stereocenters. The number of nitrogens with one attached hydrogen (secondary N) is 3. The quantitative estimate of drug-likeness (QED) is 0.321. The molecule has 0 bridgehead atoms. The van der Waals surface area contributed by atoms with Crippen LogP contribution in [0.1, 0.15) is 71.6 Å². The van der Waals surface area contributed by atoms with Crippen molar-refractivity contribution in [3.05, 3.63) is 0 Å². The van der Waals surface area contributed by atoms with E-state index in [0.717, 1.165) is 25.7 Å². The van der Waals surface area contributed by atoms with Crippen molar-refractivity contribution in [1.82, 2.24) is 16.0 Å². The molecule has 8 heteroatoms. The molecule has 1 unspecified atom stereocenters. The lowest BCUT2D eigenvalue weighted by molar-refractivity contribution is -0.139. The second-order valence-electron chi connectivity index (χ2n) is 8.22. The minimum atomic E-state index is -1.08. The van der Waals surface area contributed by atoms with E-state index in [9.17, 15) is 19.5 Å². The number of carboxylic acid groups (broad SMARTS) is 1. The van der Waals surface area contributed by atoms with Crippen LogP contribution in [0.2, 0.25) is 0 Å². The Kier molecular flexibility index (Phi) is 11.6. The summed E-state index contributed by atoms with van der Waals surface area (Å²) in [6, 6.07) is -2.25. The van der Waals surface area contributed by atoms with E-state index in [1.54, 1.807) is 0 Å². The molecule has 1 rings (SSSR count). The first-order valence-electron chi connectivity index (χ1n) is 10.6. The Balaban J connectivity index is 2.66. The predicted octanol–water partition coefficient (Wildman–Crippen LogP) is 1.98. The van der Waals surface area contributed by atoms with Crippen LogP contribution in [0, 0.1) is 11.8 Å². The van der Waals surface area contributed by atoms with Gasteiger partial charge in [-0.15, -0.1) is 0 Å². The molecular weight excluding hydrogens is 360 g/mol. The van der Waals surface area contributed by atoms with E-state index in [1.165, 1.54) is 6.42 Å². The average molecular weight is 399 g/mol. The van der Waals surface area contributed by atoms with Crippen molar-refractivity contribution < 1.29 is 19.5 Å². The number of unbranched alkanes of at least 4 members (excludes halogenated alkanes) is 1. The Morgan fingerprint density at radius 2 is 1.68 bits per heavy atom. The summed E-state index contributed by atoms with van der Waals surface area (Å²) in [5, 5.41) is 17.4. The van der Waals surface area contributed by atoms with Crippen LogP contribution in [0.4, 0.5) is 4.79 Å². The zero-order valence-corrected chi connectivity index (χ0v) is 17.3. The van der Waals surface area contributed by atoms with Crippen LogP contribution in [-0.4, -0.2) is 48.2 Å². The third-order valence-electron chi connectivity index (χ3n) is 5.15. The summed E-state index contributed by atoms with van der Waals surface area (Å²) in [4.78, 5) is 36.4. The van der Waals surface area contributed by atoms with Crippen molar-refractivity contribution in [3.8, 4) is 0 Å². The number of urea groups is 1. The Morgan fingerprint density at radius 1 is 1.04 bits per heavy atom. The molecule has 8 nitrogen and oxygen atoms in total. The van der Waals surface area contributed by atoms with Crippen LogP contribution in [0.3, 0.4) is 0 Å². The van der Waals surface area contributed by atoms with E-state index in [0.29, 0.717) is 50.6 Å². The normalized spacial score (nSPS) is 17.0. The highest BCUT2D eigenvalue weighted by atomic mass is 16.4. The summed E-state index contributed by atoms with van der Waals surface area (Å²) in [5.41, 5.74) is 5.44. The highest BCUT2D eigenvalue weighted by Crippen LogP contribution is 2.27. The van der Waals surface area contributed by atoms with Gasteiger partial charge in [0.05, 0.1) is 0 Å². The fourth-order valence-corrected chi connectivity index (χ4v) is 3.52. The number of hydrogen-bond acceptors (Lipinski definition) is 4. The summed E-state index contributed by atoms with van der Waals surface area (Å²) < 4.78 is 0. The number of rotatable bonds is 12. The molecular formula is C20H38N4O4. The van der Waals surface area contributed by atoms with Crippen molar-refractivity contribution in [2.45, 2.75) is 83.7 Å². The van der Waals surface area contributed by atoms with Crippen molar-refractivity contribution >= 4 is 17.9 Å². The van der Waals surface area contributed by atoms with Gasteiger partial charge in [0.25, 0.3) is 0 Å². The van der Waals surface area contributed by atoms with Gasteiger partial charge in [-0.25, -0.2) is 9.59 Å². The number of carboxylic acids is 1. The van der Waals surface area contributed by atoms with E-state index in [2.05, 4.69) is 16.0 Å². The van der Waals surface area contributed by atoms with Crippen LogP contribution in [0.25, 0.3) is 0 Å². The Hall–Kier alpha value is -1.83. The van der Waals surface area contributed by atoms with Gasteiger partial charge in [0, 0.05) is 6.54 Å². The van der Waals surface area contributed by atoms with Gasteiger partial charge in [0.15, 0.2) is 0 Å². The Morgan fingerprint density at radius 3 is 2.25 bits per heavy atom. The number of aliphatic carboxylic acids is 1. The molecule has 162 valence electrons. The fourth-order valence-electron chi connectivity index (χ4n) is 3.52. The monoisotopic (exact) mass is 398 g/mol. The molecule has 0 spiro atoms. The molecule has 0 aromatic heterocycles. The number of carbonyl (C=O) groups is 3. The minimum Gasteiger partial charge on any atom is -0.480 e. The number of hydrogen-bond donors (Lipinski definition) is 5. The smallest absolute Gasteiger partial charge is 0.326 e. The highest BCUT2D eigenvalue weighted by molar-refractivity contribution is 5.88. The fraction of sp³-hybridized carbons (Fsp3) is 0.850. The molecule has 0 saturated heterocycles. The molecule has 0 radical (unpaired) electrons. The van der Waals surface area contributed by atoms with E-state index in [-0.39, 0.29) is 5.91 Å². The Bertz CT molecular complexity index is 493. The molecule has 1 aliphatic rings. The molecule has 1 aliphatic carbocycles. The molecule has 1 saturated carbocycles. The molecule has 0 aromatic carbocycles. The molecule has 6 N–H and O–H groups in total. The van der Waals surface area contributed by atoms with Crippen LogP contribution >= 0.6 is 0 Å². The topological polar surface area (TPSA) is 134 Å². The number of carbonyl (C=O) groups excluding carboxylic acids is 2. The van der Waals surface area contributed by atoms with Gasteiger partial charge in [0.1, 0.15) is 12.1 Å². The third-order valence-corrected chi connectivity index (χ3v) is 5.15. The van der Waals surface area contributed by atoms with E-state index in [1.807, 2.05) is 13.8 Å². The second kappa shape index (κ2) is 13.4. The van der Waals surface area contributed by atoms with Crippen molar-refractivity contribution in [2.75, 3.05) is 13.1 Å². The average Bonchev–Trinajstić information content (AvgIpc) is 2.65. The summed E-state index contributed by atoms with van der Waals surface area (Å²) in [6.45, 7) is 5.04. The minimum absolute atomic E-state index is 0.204. The summed E-state index contributed by atoms with van der Waals surface area (Å²) >= 11 is 0. The first kappa shape index (κ1) is 24.2. The van der Waals surface area contributed by atoms with Gasteiger partial charge < -0.3 is 26.8 Å². The lowest BCUT2D eigenvalue weighted by Gasteiger charge is -2.27. The standard InChI is InChI=1S/C20H38N4O4/c1-14(2)13-22-18(25)17(12-15-8-4-3-5-9-15)24-20(28)23-16(19(26)27)10-6-7-11-21/h14-17H,3-13,21H2,1-2H3,(H,22,25)(H,26,27)(H2,23,24,28)/t16?,17-/m1/s1. The lowest BCUT2D eigenvalue weighted by Crippen LogP contribution is -2.54. The maximum atomic E-state index is 12.6. The van der Waals surface area contributed by atoms with E-state index >= 15 is 0 Å². The van der Waals surface area contributed by atoms with Crippen molar-refractivity contribution in [2.24, 2.45) is 17.6 Å². The molecule has 0 aliphatic heterocycles. The van der Waals surface area contributed by atoms with E-state index in [4.69, 9.17) is 5.73 Å². The lowest BCUT2D eigenvalue weighted by atomic mass is 9.84. The van der Waals surface area contributed by atoms with Crippen molar-refractivity contribution in [3.63, 3.8) is 0 Å². The second-order valence-corrected chi connectivity index (χ2v) is 8.22. The molecule has 0 heterocycles. The molecule has 3 amide bonds. The van der Waals surface area contributed by atoms with Crippen molar-refractivity contribution in [1.29, 1.82) is 0 Å². The zero-order valence-electron chi connectivity index (χ0n) is 17.3. The van der Waals surface area contributed by atoms with Crippen LogP contribution in [-0.2, 0) is 9.59 Å². The summed E-state index contributed by atoms with van der Waals surface area (Å²) in [6.07, 6.45) is 7.87. The SMILES string of the molecule is CC(C)CNC(=O)[C@@H](CC1CCCCC1)NC(=O)NC(CCCCN)C(=O)O. The van der Waals surface area contributed by atoms with Crippen LogP contribution in [0.5, 0.6) is 0 Å². The molecule has 0 aromatic rings. The van der Waals surface area contributed by atoms with Gasteiger partial charge in [-0.1, -0.05) is 46.0 Å². The van der Waals surface area contributed by atoms with Gasteiger partial charge in [-0.2, -0.15) is 0 Å². The number of nitrogens with two attached hydrogens (primary N) is 1. The predicted molar refractivity (Wildman–Crippen MR) is 109 cm³/mol. The van der Waals surface area contributed by atoms with Gasteiger partial charge in [0.2, 0.25) is 5.91 Å². The first-order valence-corrected chi connectivity index (χ1v) is 10.6. The largest absolute Gasteiger partial charge is 0.480 e. The maximum Gasteiger partial charge on any atom is 0.326 e. The van der Waals surface area contributed by atoms with Gasteiger partial charge >= 0.3 is 12.0 Å². The van der Waals surface area contributed by atoms with Gasteiger partial charge in [-0.3, -0.25) is 4.79 Å². The first-order chi connectivity index (χ1) is 13.3. The zero-order chi connectivity index (χ0) is 20.9. The van der Waals surface area contributed by atoms with E-state index < -0.39 is 24.1 Å². The summed E-state index contributed by atoms with van der Waals surface area (Å²) in [5.74, 6) is -0.569. The third kappa shape index (κ3) is 9.92. The molecule has 28 heavy (non-hydrogen) atoms.